The second-order valence-corrected chi connectivity index (χ2v) is 6.18. The highest BCUT2D eigenvalue weighted by atomic mass is 35.5. The van der Waals surface area contributed by atoms with Gasteiger partial charge < -0.3 is 10.6 Å². The minimum absolute atomic E-state index is 0.173. The molecule has 0 unspecified atom stereocenters. The number of hydrogen-bond acceptors (Lipinski definition) is 4. The average Bonchev–Trinajstić information content (AvgIpc) is 2.67. The van der Waals surface area contributed by atoms with Crippen molar-refractivity contribution in [2.45, 2.75) is 13.0 Å². The quantitative estimate of drug-likeness (QED) is 0.668. The monoisotopic (exact) mass is 366 g/mol. The van der Waals surface area contributed by atoms with Crippen molar-refractivity contribution in [1.29, 1.82) is 0 Å². The molecule has 0 fully saturated rings. The Morgan fingerprint density at radius 3 is 2.69 bits per heavy atom. The maximum atomic E-state index is 12.1. The second-order valence-electron chi connectivity index (χ2n) is 5.74. The minimum atomic E-state index is -0.173. The smallest absolute Gasteiger partial charge is 0.253 e. The fourth-order valence-corrected chi connectivity index (χ4v) is 2.65. The van der Waals surface area contributed by atoms with E-state index in [4.69, 9.17) is 11.6 Å². The van der Waals surface area contributed by atoms with Gasteiger partial charge in [-0.15, -0.1) is 0 Å². The van der Waals surface area contributed by atoms with Gasteiger partial charge in [0.25, 0.3) is 5.91 Å². The molecule has 1 aromatic carbocycles. The van der Waals surface area contributed by atoms with Crippen LogP contribution >= 0.6 is 11.6 Å². The van der Waals surface area contributed by atoms with Crippen LogP contribution in [0.25, 0.3) is 0 Å². The van der Waals surface area contributed by atoms with E-state index in [-0.39, 0.29) is 5.91 Å². The Morgan fingerprint density at radius 2 is 1.96 bits per heavy atom. The predicted octanol–water partition coefficient (Wildman–Crippen LogP) is 3.71. The summed E-state index contributed by atoms with van der Waals surface area (Å²) in [5.41, 5.74) is 2.49. The Labute approximate surface area is 157 Å². The van der Waals surface area contributed by atoms with E-state index in [9.17, 15) is 4.79 Å². The largest absolute Gasteiger partial charge is 0.370 e. The molecule has 0 aliphatic carbocycles. The maximum absolute atomic E-state index is 12.1. The summed E-state index contributed by atoms with van der Waals surface area (Å²) >= 11 is 5.98. The summed E-state index contributed by atoms with van der Waals surface area (Å²) < 4.78 is 0. The summed E-state index contributed by atoms with van der Waals surface area (Å²) in [4.78, 5) is 20.6. The van der Waals surface area contributed by atoms with E-state index in [0.29, 0.717) is 12.1 Å². The van der Waals surface area contributed by atoms with E-state index >= 15 is 0 Å². The van der Waals surface area contributed by atoms with Crippen LogP contribution in [0.4, 0.5) is 5.82 Å². The van der Waals surface area contributed by atoms with E-state index in [1.54, 1.807) is 24.5 Å². The topological polar surface area (TPSA) is 66.9 Å². The van der Waals surface area contributed by atoms with Gasteiger partial charge in [-0.05, 0) is 48.4 Å². The first-order chi connectivity index (χ1) is 12.7. The Bertz CT molecular complexity index is 853. The number of nitrogens with zero attached hydrogens (tertiary/aromatic N) is 2. The fraction of sp³-hybridized carbons (Fsp3) is 0.150. The first kappa shape index (κ1) is 17.9. The number of carbonyl (C=O) groups is 1. The lowest BCUT2D eigenvalue weighted by Crippen LogP contribution is -2.23. The Hall–Kier alpha value is -2.92. The maximum Gasteiger partial charge on any atom is 0.253 e. The van der Waals surface area contributed by atoms with Crippen molar-refractivity contribution in [1.82, 2.24) is 15.3 Å². The van der Waals surface area contributed by atoms with Crippen molar-refractivity contribution in [3.63, 3.8) is 0 Å². The lowest BCUT2D eigenvalue weighted by Gasteiger charge is -2.08. The molecule has 6 heteroatoms. The molecule has 0 spiro atoms. The summed E-state index contributed by atoms with van der Waals surface area (Å²) in [7, 11) is 0. The van der Waals surface area contributed by atoms with Crippen LogP contribution in [0.1, 0.15) is 21.6 Å². The molecule has 0 radical (unpaired) electrons. The van der Waals surface area contributed by atoms with Crippen LogP contribution < -0.4 is 10.6 Å². The van der Waals surface area contributed by atoms with Crippen molar-refractivity contribution in [3.05, 3.63) is 88.8 Å². The van der Waals surface area contributed by atoms with Gasteiger partial charge in [-0.2, -0.15) is 0 Å². The number of benzene rings is 1. The van der Waals surface area contributed by atoms with Crippen molar-refractivity contribution < 1.29 is 4.79 Å². The molecule has 2 N–H and O–H groups in total. The van der Waals surface area contributed by atoms with Gasteiger partial charge in [0.15, 0.2) is 0 Å². The first-order valence-electron chi connectivity index (χ1n) is 8.33. The molecule has 0 bridgehead atoms. The van der Waals surface area contributed by atoms with Gasteiger partial charge in [0.05, 0.1) is 17.8 Å². The van der Waals surface area contributed by atoms with Crippen molar-refractivity contribution >= 4 is 23.3 Å². The highest BCUT2D eigenvalue weighted by molar-refractivity contribution is 6.30. The van der Waals surface area contributed by atoms with Crippen LogP contribution in [-0.2, 0) is 13.0 Å². The number of rotatable bonds is 7. The van der Waals surface area contributed by atoms with Gasteiger partial charge in [0.2, 0.25) is 0 Å². The molecule has 0 aliphatic heterocycles. The zero-order valence-electron chi connectivity index (χ0n) is 14.2. The number of aromatic nitrogens is 2. The lowest BCUT2D eigenvalue weighted by molar-refractivity contribution is 0.0950. The van der Waals surface area contributed by atoms with Gasteiger partial charge in [0, 0.05) is 24.0 Å². The average molecular weight is 367 g/mol. The molecule has 132 valence electrons. The molecule has 0 saturated heterocycles. The van der Waals surface area contributed by atoms with Crippen LogP contribution in [0.5, 0.6) is 0 Å². The zero-order valence-corrected chi connectivity index (χ0v) is 14.9. The van der Waals surface area contributed by atoms with Crippen molar-refractivity contribution in [3.8, 4) is 0 Å². The lowest BCUT2D eigenvalue weighted by atomic mass is 10.1. The summed E-state index contributed by atoms with van der Waals surface area (Å²) in [6.07, 6.45) is 4.11. The highest BCUT2D eigenvalue weighted by Crippen LogP contribution is 2.11. The molecule has 2 aromatic heterocycles. The zero-order chi connectivity index (χ0) is 18.2. The van der Waals surface area contributed by atoms with E-state index in [2.05, 4.69) is 20.6 Å². The van der Waals surface area contributed by atoms with E-state index < -0.39 is 0 Å². The minimum Gasteiger partial charge on any atom is -0.370 e. The molecule has 3 aromatic rings. The molecular formula is C20H19ClN4O. The Balaban J connectivity index is 1.47. The molecule has 5 nitrogen and oxygen atoms in total. The predicted molar refractivity (Wildman–Crippen MR) is 103 cm³/mol. The third-order valence-electron chi connectivity index (χ3n) is 3.79. The summed E-state index contributed by atoms with van der Waals surface area (Å²) in [5.74, 6) is 0.557. The van der Waals surface area contributed by atoms with Gasteiger partial charge in [-0.1, -0.05) is 29.8 Å². The summed E-state index contributed by atoms with van der Waals surface area (Å²) in [5, 5.41) is 6.81. The fourth-order valence-electron chi connectivity index (χ4n) is 2.44. The third-order valence-corrected chi connectivity index (χ3v) is 4.03. The number of pyridine rings is 2. The van der Waals surface area contributed by atoms with E-state index in [0.717, 1.165) is 35.1 Å². The molecule has 3 rings (SSSR count). The van der Waals surface area contributed by atoms with Gasteiger partial charge in [-0.3, -0.25) is 9.78 Å². The SMILES string of the molecule is O=C(NCc1ccccn1)c1ccc(NCCc2cccc(Cl)c2)nc1. The van der Waals surface area contributed by atoms with Gasteiger partial charge >= 0.3 is 0 Å². The number of hydrogen-bond donors (Lipinski definition) is 2. The van der Waals surface area contributed by atoms with Crippen LogP contribution in [-0.4, -0.2) is 22.4 Å². The number of amides is 1. The van der Waals surface area contributed by atoms with Gasteiger partial charge in [-0.25, -0.2) is 4.98 Å². The molecule has 0 atom stereocenters. The summed E-state index contributed by atoms with van der Waals surface area (Å²) in [6, 6.07) is 16.9. The van der Waals surface area contributed by atoms with Crippen molar-refractivity contribution in [2.75, 3.05) is 11.9 Å². The first-order valence-corrected chi connectivity index (χ1v) is 8.71. The van der Waals surface area contributed by atoms with Crippen LogP contribution in [0.3, 0.4) is 0 Å². The van der Waals surface area contributed by atoms with Crippen molar-refractivity contribution in [2.24, 2.45) is 0 Å². The summed E-state index contributed by atoms with van der Waals surface area (Å²) in [6.45, 7) is 1.12. The number of anilines is 1. The number of nitrogens with one attached hydrogen (secondary N) is 2. The third kappa shape index (κ3) is 5.29. The highest BCUT2D eigenvalue weighted by Gasteiger charge is 2.06. The van der Waals surface area contributed by atoms with E-state index in [1.807, 2.05) is 42.5 Å². The molecule has 26 heavy (non-hydrogen) atoms. The Morgan fingerprint density at radius 1 is 1.04 bits per heavy atom. The van der Waals surface area contributed by atoms with E-state index in [1.165, 1.54) is 0 Å². The second kappa shape index (κ2) is 8.97. The Kier molecular flexibility index (Phi) is 6.17. The molecule has 2 heterocycles. The van der Waals surface area contributed by atoms with Crippen LogP contribution in [0, 0.1) is 0 Å². The molecule has 0 aliphatic rings. The number of carbonyl (C=O) groups excluding carboxylic acids is 1. The van der Waals surface area contributed by atoms with Gasteiger partial charge in [0.1, 0.15) is 5.82 Å². The molecule has 1 amide bonds. The molecular weight excluding hydrogens is 348 g/mol. The van der Waals surface area contributed by atoms with Crippen LogP contribution in [0.15, 0.2) is 67.0 Å². The number of halogens is 1. The standard InChI is InChI=1S/C20H19ClN4O/c21-17-5-3-4-15(12-17)9-11-23-19-8-7-16(13-24-19)20(26)25-14-18-6-1-2-10-22-18/h1-8,10,12-13H,9,11,14H2,(H,23,24)(H,25,26). The normalized spacial score (nSPS) is 10.3. The molecule has 0 saturated carbocycles. The van der Waals surface area contributed by atoms with Crippen LogP contribution in [0.2, 0.25) is 5.02 Å².